The van der Waals surface area contributed by atoms with Crippen molar-refractivity contribution in [3.8, 4) is 17.0 Å². The lowest BCUT2D eigenvalue weighted by Crippen LogP contribution is -1.89. The maximum atomic E-state index is 13.2. The summed E-state index contributed by atoms with van der Waals surface area (Å²) in [6, 6.07) is 2.73. The maximum absolute atomic E-state index is 13.2. The number of hydrogen-bond donors (Lipinski definition) is 3. The minimum absolute atomic E-state index is 0.275. The monoisotopic (exact) mass is 271 g/mol. The van der Waals surface area contributed by atoms with Crippen LogP contribution in [0.2, 0.25) is 0 Å². The fourth-order valence-electron chi connectivity index (χ4n) is 1.27. The molecule has 0 radical (unpaired) electrons. The van der Waals surface area contributed by atoms with Crippen LogP contribution in [0.3, 0.4) is 0 Å². The molecule has 4 nitrogen and oxygen atoms in total. The number of aromatic amines is 1. The molecular weight excluding hydrogens is 265 g/mol. The average Bonchev–Trinajstić information content (AvgIpc) is 2.58. The number of anilines is 1. The minimum Gasteiger partial charge on any atom is -0.504 e. The number of halogens is 2. The van der Waals surface area contributed by atoms with Gasteiger partial charge < -0.3 is 10.8 Å². The smallest absolute Gasteiger partial charge is 0.166 e. The van der Waals surface area contributed by atoms with Crippen LogP contribution in [0.5, 0.6) is 5.75 Å². The van der Waals surface area contributed by atoms with Crippen molar-refractivity contribution in [2.45, 2.75) is 0 Å². The summed E-state index contributed by atoms with van der Waals surface area (Å²) >= 11 is 3.13. The van der Waals surface area contributed by atoms with Gasteiger partial charge in [0.15, 0.2) is 11.6 Å². The lowest BCUT2D eigenvalue weighted by atomic mass is 10.1. The van der Waals surface area contributed by atoms with Gasteiger partial charge in [-0.2, -0.15) is 5.10 Å². The average molecular weight is 272 g/mol. The van der Waals surface area contributed by atoms with Crippen molar-refractivity contribution < 1.29 is 9.50 Å². The first-order valence-corrected chi connectivity index (χ1v) is 4.86. The molecule has 0 atom stereocenters. The van der Waals surface area contributed by atoms with Gasteiger partial charge in [0.1, 0.15) is 0 Å². The highest BCUT2D eigenvalue weighted by molar-refractivity contribution is 9.10. The van der Waals surface area contributed by atoms with E-state index in [0.717, 1.165) is 0 Å². The summed E-state index contributed by atoms with van der Waals surface area (Å²) in [5, 5.41) is 15.8. The van der Waals surface area contributed by atoms with Crippen LogP contribution in [0, 0.1) is 5.82 Å². The van der Waals surface area contributed by atoms with E-state index in [1.807, 2.05) is 0 Å². The van der Waals surface area contributed by atoms with Crippen LogP contribution in [-0.4, -0.2) is 15.3 Å². The Labute approximate surface area is 93.1 Å². The Kier molecular flexibility index (Phi) is 2.36. The van der Waals surface area contributed by atoms with Crippen LogP contribution in [0.4, 0.5) is 10.1 Å². The van der Waals surface area contributed by atoms with Gasteiger partial charge in [-0.3, -0.25) is 5.10 Å². The minimum atomic E-state index is -0.714. The van der Waals surface area contributed by atoms with Crippen molar-refractivity contribution >= 4 is 21.6 Å². The lowest BCUT2D eigenvalue weighted by molar-refractivity contribution is 0.434. The van der Waals surface area contributed by atoms with E-state index in [2.05, 4.69) is 26.1 Å². The fourth-order valence-corrected chi connectivity index (χ4v) is 1.70. The van der Waals surface area contributed by atoms with Gasteiger partial charge in [0.05, 0.1) is 17.6 Å². The van der Waals surface area contributed by atoms with Gasteiger partial charge in [-0.1, -0.05) is 15.9 Å². The summed E-state index contributed by atoms with van der Waals surface area (Å²) < 4.78 is 13.7. The van der Waals surface area contributed by atoms with E-state index in [0.29, 0.717) is 15.9 Å². The predicted octanol–water partition coefficient (Wildman–Crippen LogP) is 2.27. The lowest BCUT2D eigenvalue weighted by Gasteiger charge is -2.05. The molecule has 0 unspecified atom stereocenters. The number of hydrogen-bond acceptors (Lipinski definition) is 3. The molecule has 0 aliphatic carbocycles. The normalized spacial score (nSPS) is 10.5. The standard InChI is InChI=1S/C9H7BrFN3O/c10-4-1-5(9(15)6(11)2-4)8-7(12)3-13-14-8/h1-3,15H,12H2,(H,13,14). The number of H-pyrrole nitrogens is 1. The highest BCUT2D eigenvalue weighted by atomic mass is 79.9. The van der Waals surface area contributed by atoms with Crippen molar-refractivity contribution in [2.75, 3.05) is 5.73 Å². The van der Waals surface area contributed by atoms with Gasteiger partial charge in [-0.05, 0) is 12.1 Å². The second-order valence-electron chi connectivity index (χ2n) is 2.98. The highest BCUT2D eigenvalue weighted by Crippen LogP contribution is 2.35. The van der Waals surface area contributed by atoms with Crippen molar-refractivity contribution in [2.24, 2.45) is 0 Å². The largest absolute Gasteiger partial charge is 0.504 e. The van der Waals surface area contributed by atoms with Crippen LogP contribution >= 0.6 is 15.9 Å². The molecule has 4 N–H and O–H groups in total. The van der Waals surface area contributed by atoms with Crippen molar-refractivity contribution in [3.63, 3.8) is 0 Å². The second-order valence-corrected chi connectivity index (χ2v) is 3.90. The highest BCUT2D eigenvalue weighted by Gasteiger charge is 2.14. The molecule has 0 fully saturated rings. The summed E-state index contributed by atoms with van der Waals surface area (Å²) in [5.74, 6) is -1.16. The van der Waals surface area contributed by atoms with Crippen molar-refractivity contribution in [1.82, 2.24) is 10.2 Å². The van der Waals surface area contributed by atoms with E-state index in [1.165, 1.54) is 12.3 Å². The summed E-state index contributed by atoms with van der Waals surface area (Å²) in [7, 11) is 0. The third kappa shape index (κ3) is 1.68. The number of rotatable bonds is 1. The number of phenols is 1. The third-order valence-corrected chi connectivity index (χ3v) is 2.42. The van der Waals surface area contributed by atoms with E-state index >= 15 is 0 Å². The van der Waals surface area contributed by atoms with Gasteiger partial charge >= 0.3 is 0 Å². The molecule has 0 spiro atoms. The van der Waals surface area contributed by atoms with Gasteiger partial charge in [0, 0.05) is 10.0 Å². The molecule has 1 aromatic carbocycles. The Balaban J connectivity index is 2.68. The molecule has 78 valence electrons. The topological polar surface area (TPSA) is 74.9 Å². The molecule has 6 heteroatoms. The summed E-state index contributed by atoms with van der Waals surface area (Å²) in [6.07, 6.45) is 1.40. The van der Waals surface area contributed by atoms with Crippen molar-refractivity contribution in [1.29, 1.82) is 0 Å². The van der Waals surface area contributed by atoms with Gasteiger partial charge in [-0.15, -0.1) is 0 Å². The molecule has 2 aromatic rings. The maximum Gasteiger partial charge on any atom is 0.166 e. The van der Waals surface area contributed by atoms with Crippen molar-refractivity contribution in [3.05, 3.63) is 28.6 Å². The third-order valence-electron chi connectivity index (χ3n) is 1.97. The Morgan fingerprint density at radius 1 is 1.47 bits per heavy atom. The van der Waals surface area contributed by atoms with Crippen LogP contribution < -0.4 is 5.73 Å². The van der Waals surface area contributed by atoms with E-state index in [4.69, 9.17) is 5.73 Å². The number of phenolic OH excluding ortho intramolecular Hbond substituents is 1. The zero-order valence-corrected chi connectivity index (χ0v) is 9.05. The Morgan fingerprint density at radius 3 is 2.80 bits per heavy atom. The van der Waals surface area contributed by atoms with E-state index < -0.39 is 11.6 Å². The van der Waals surface area contributed by atoms with Gasteiger partial charge in [-0.25, -0.2) is 4.39 Å². The predicted molar refractivity (Wildman–Crippen MR) is 57.8 cm³/mol. The van der Waals surface area contributed by atoms with Crippen LogP contribution in [0.1, 0.15) is 0 Å². The molecule has 15 heavy (non-hydrogen) atoms. The quantitative estimate of drug-likeness (QED) is 0.745. The molecular formula is C9H7BrFN3O. The first-order chi connectivity index (χ1) is 7.09. The molecule has 1 heterocycles. The molecule has 1 aromatic heterocycles. The molecule has 0 aliphatic heterocycles. The van der Waals surface area contributed by atoms with Gasteiger partial charge in [0.25, 0.3) is 0 Å². The number of benzene rings is 1. The molecule has 0 bridgehead atoms. The number of aromatic nitrogens is 2. The zero-order valence-electron chi connectivity index (χ0n) is 7.46. The molecule has 0 aliphatic rings. The Morgan fingerprint density at radius 2 is 2.20 bits per heavy atom. The van der Waals surface area contributed by atoms with Crippen LogP contribution in [0.25, 0.3) is 11.3 Å². The first kappa shape index (κ1) is 9.97. The van der Waals surface area contributed by atoms with E-state index in [-0.39, 0.29) is 5.56 Å². The number of aromatic hydroxyl groups is 1. The molecule has 2 rings (SSSR count). The van der Waals surface area contributed by atoms with Crippen LogP contribution in [0.15, 0.2) is 22.8 Å². The molecule has 0 saturated heterocycles. The van der Waals surface area contributed by atoms with E-state index in [1.54, 1.807) is 6.07 Å². The molecule has 0 amide bonds. The van der Waals surface area contributed by atoms with Crippen LogP contribution in [-0.2, 0) is 0 Å². The second kappa shape index (κ2) is 3.54. The number of nitrogens with one attached hydrogen (secondary N) is 1. The van der Waals surface area contributed by atoms with E-state index in [9.17, 15) is 9.50 Å². The Hall–Kier alpha value is -1.56. The number of nitrogens with zero attached hydrogens (tertiary/aromatic N) is 1. The number of nitrogens with two attached hydrogens (primary N) is 1. The zero-order chi connectivity index (χ0) is 11.0. The summed E-state index contributed by atoms with van der Waals surface area (Å²) in [4.78, 5) is 0. The molecule has 0 saturated carbocycles. The first-order valence-electron chi connectivity index (χ1n) is 4.07. The van der Waals surface area contributed by atoms with Gasteiger partial charge in [0.2, 0.25) is 0 Å². The Bertz CT molecular complexity index is 512. The SMILES string of the molecule is Nc1cn[nH]c1-c1cc(Br)cc(F)c1O. The summed E-state index contributed by atoms with van der Waals surface area (Å²) in [5.41, 5.74) is 6.62. The number of nitrogen functional groups attached to an aromatic ring is 1. The fraction of sp³-hybridized carbons (Fsp3) is 0. The summed E-state index contributed by atoms with van der Waals surface area (Å²) in [6.45, 7) is 0.